The van der Waals surface area contributed by atoms with E-state index in [1.54, 1.807) is 23.3 Å². The van der Waals surface area contributed by atoms with Crippen LogP contribution in [0.1, 0.15) is 83.3 Å². The third kappa shape index (κ3) is 7.62. The van der Waals surface area contributed by atoms with Crippen LogP contribution in [-0.4, -0.2) is 18.4 Å². The zero-order valence-corrected chi connectivity index (χ0v) is 19.3. The summed E-state index contributed by atoms with van der Waals surface area (Å²) < 4.78 is 6.50. The molecule has 0 amide bonds. The Balaban J connectivity index is 2.87. The molecule has 1 aromatic rings. The fourth-order valence-electron chi connectivity index (χ4n) is 4.00. The molecule has 1 unspecified atom stereocenters. The fraction of sp³-hybridized carbons (Fsp3) is 0.727. The first-order chi connectivity index (χ1) is 11.1. The number of unbranched alkanes of at least 4 members (excludes halogenated alkanes) is 3. The second kappa shape index (κ2) is 11.6. The Bertz CT molecular complexity index is 385. The zero-order valence-electron chi connectivity index (χ0n) is 16.5. The van der Waals surface area contributed by atoms with Gasteiger partial charge in [0.25, 0.3) is 0 Å². The number of benzene rings is 1. The number of hydrogen-bond acceptors (Lipinski definition) is 0. The molecule has 1 heteroatoms. The quantitative estimate of drug-likeness (QED) is 0.299. The van der Waals surface area contributed by atoms with Crippen molar-refractivity contribution in [2.45, 2.75) is 96.8 Å². The van der Waals surface area contributed by atoms with Crippen molar-refractivity contribution in [3.05, 3.63) is 35.4 Å². The van der Waals surface area contributed by atoms with E-state index in [2.05, 4.69) is 58.9 Å². The second-order valence-corrected chi connectivity index (χ2v) is 21.8. The average Bonchev–Trinajstić information content (AvgIpc) is 2.56. The second-order valence-electron chi connectivity index (χ2n) is 7.83. The van der Waals surface area contributed by atoms with E-state index in [0.29, 0.717) is 0 Å². The number of aryl methyl sites for hydroxylation is 1. The molecule has 0 saturated heterocycles. The summed E-state index contributed by atoms with van der Waals surface area (Å²) >= 11 is -1.99. The van der Waals surface area contributed by atoms with Gasteiger partial charge in [0.1, 0.15) is 0 Å². The van der Waals surface area contributed by atoms with Crippen LogP contribution in [0.4, 0.5) is 0 Å². The van der Waals surface area contributed by atoms with Gasteiger partial charge in [-0.05, 0) is 0 Å². The van der Waals surface area contributed by atoms with Crippen LogP contribution in [0.15, 0.2) is 24.3 Å². The molecule has 0 nitrogen and oxygen atoms in total. The standard InChI is InChI=1S/C10H13.3C4H9.Sn/c1-8(2)10-6-4-9(3)5-7-10;3*1-3-4-2;/h4-8H,1H2,2-3H3;3*1,3-4H2,2H3;. The summed E-state index contributed by atoms with van der Waals surface area (Å²) in [4.78, 5) is 0. The zero-order chi connectivity index (χ0) is 17.1. The third-order valence-corrected chi connectivity index (χ3v) is 21.9. The van der Waals surface area contributed by atoms with Gasteiger partial charge in [-0.25, -0.2) is 0 Å². The Morgan fingerprint density at radius 2 is 1.22 bits per heavy atom. The SMILES string of the molecule is CCC[CH2][Sn]([CH2]CCC)([CH2]CCC)[CH2]C(C)c1ccc(C)cc1. The summed E-state index contributed by atoms with van der Waals surface area (Å²) in [6, 6.07) is 9.37. The number of rotatable bonds is 12. The Kier molecular flexibility index (Phi) is 10.6. The minimum atomic E-state index is -1.99. The van der Waals surface area contributed by atoms with Gasteiger partial charge in [0.05, 0.1) is 0 Å². The van der Waals surface area contributed by atoms with Crippen LogP contribution in [-0.2, 0) is 0 Å². The molecule has 0 fully saturated rings. The Morgan fingerprint density at radius 1 is 0.783 bits per heavy atom. The van der Waals surface area contributed by atoms with Gasteiger partial charge in [-0.1, -0.05) is 0 Å². The Labute approximate surface area is 150 Å². The van der Waals surface area contributed by atoms with Crippen LogP contribution < -0.4 is 0 Å². The maximum atomic E-state index is 2.50. The maximum absolute atomic E-state index is 2.50. The van der Waals surface area contributed by atoms with Crippen molar-refractivity contribution < 1.29 is 0 Å². The van der Waals surface area contributed by atoms with Crippen LogP contribution in [0.5, 0.6) is 0 Å². The summed E-state index contributed by atoms with van der Waals surface area (Å²) in [6.45, 7) is 11.8. The third-order valence-electron chi connectivity index (χ3n) is 5.57. The summed E-state index contributed by atoms with van der Waals surface area (Å²) in [5, 5.41) is 0. The predicted octanol–water partition coefficient (Wildman–Crippen LogP) is 7.95. The summed E-state index contributed by atoms with van der Waals surface area (Å²) in [6.07, 6.45) is 8.62. The van der Waals surface area contributed by atoms with Gasteiger partial charge in [0, 0.05) is 0 Å². The van der Waals surface area contributed by atoms with Crippen molar-refractivity contribution in [2.75, 3.05) is 0 Å². The van der Waals surface area contributed by atoms with Gasteiger partial charge in [-0.15, -0.1) is 0 Å². The molecule has 132 valence electrons. The topological polar surface area (TPSA) is 0 Å². The molecule has 1 atom stereocenters. The number of hydrogen-bond donors (Lipinski definition) is 0. The van der Waals surface area contributed by atoms with E-state index < -0.39 is 18.4 Å². The molecule has 0 aliphatic carbocycles. The molecule has 1 aromatic carbocycles. The van der Waals surface area contributed by atoms with E-state index in [4.69, 9.17) is 0 Å². The van der Waals surface area contributed by atoms with E-state index in [-0.39, 0.29) is 0 Å². The average molecular weight is 423 g/mol. The van der Waals surface area contributed by atoms with Gasteiger partial charge >= 0.3 is 151 Å². The Hall–Kier alpha value is 0.0187. The van der Waals surface area contributed by atoms with E-state index in [1.807, 2.05) is 0 Å². The van der Waals surface area contributed by atoms with E-state index in [9.17, 15) is 0 Å². The van der Waals surface area contributed by atoms with Gasteiger partial charge in [-0.2, -0.15) is 0 Å². The van der Waals surface area contributed by atoms with Crippen molar-refractivity contribution in [1.29, 1.82) is 0 Å². The summed E-state index contributed by atoms with van der Waals surface area (Å²) in [7, 11) is 0. The molecule has 0 aliphatic heterocycles. The van der Waals surface area contributed by atoms with Crippen molar-refractivity contribution in [3.63, 3.8) is 0 Å². The molecule has 1 rings (SSSR count). The summed E-state index contributed by atoms with van der Waals surface area (Å²) in [5.74, 6) is 0.775. The van der Waals surface area contributed by atoms with Gasteiger partial charge in [0.15, 0.2) is 0 Å². The molecule has 0 bridgehead atoms. The van der Waals surface area contributed by atoms with Crippen LogP contribution >= 0.6 is 0 Å². The summed E-state index contributed by atoms with van der Waals surface area (Å²) in [5.41, 5.74) is 2.97. The van der Waals surface area contributed by atoms with Crippen LogP contribution in [0, 0.1) is 6.92 Å². The molecule has 0 radical (unpaired) electrons. The van der Waals surface area contributed by atoms with E-state index in [0.717, 1.165) is 5.92 Å². The van der Waals surface area contributed by atoms with E-state index >= 15 is 0 Å². The van der Waals surface area contributed by atoms with Gasteiger partial charge < -0.3 is 0 Å². The molecular weight excluding hydrogens is 383 g/mol. The van der Waals surface area contributed by atoms with Crippen molar-refractivity contribution in [3.8, 4) is 0 Å². The fourth-order valence-corrected chi connectivity index (χ4v) is 21.7. The van der Waals surface area contributed by atoms with Crippen molar-refractivity contribution >= 4 is 18.4 Å². The Morgan fingerprint density at radius 3 is 1.61 bits per heavy atom. The molecule has 0 N–H and O–H groups in total. The molecule has 0 aliphatic rings. The van der Waals surface area contributed by atoms with Crippen molar-refractivity contribution in [2.24, 2.45) is 0 Å². The van der Waals surface area contributed by atoms with Crippen LogP contribution in [0.2, 0.25) is 17.7 Å². The van der Waals surface area contributed by atoms with Gasteiger partial charge in [-0.3, -0.25) is 0 Å². The van der Waals surface area contributed by atoms with Crippen LogP contribution in [0.3, 0.4) is 0 Å². The van der Waals surface area contributed by atoms with Crippen molar-refractivity contribution in [1.82, 2.24) is 0 Å². The molecule has 0 aromatic heterocycles. The first kappa shape index (κ1) is 21.1. The molecule has 23 heavy (non-hydrogen) atoms. The normalized spacial score (nSPS) is 13.3. The van der Waals surface area contributed by atoms with E-state index in [1.165, 1.54) is 44.1 Å². The molecular formula is C22H40Sn. The molecule has 0 spiro atoms. The monoisotopic (exact) mass is 424 g/mol. The molecule has 0 saturated carbocycles. The minimum absolute atomic E-state index is 0.775. The van der Waals surface area contributed by atoms with Crippen LogP contribution in [0.25, 0.3) is 0 Å². The first-order valence-electron chi connectivity index (χ1n) is 10.1. The van der Waals surface area contributed by atoms with Gasteiger partial charge in [0.2, 0.25) is 0 Å². The molecule has 0 heterocycles. The predicted molar refractivity (Wildman–Crippen MR) is 109 cm³/mol. The first-order valence-corrected chi connectivity index (χ1v) is 18.2.